The van der Waals surface area contributed by atoms with Crippen molar-refractivity contribution in [1.29, 1.82) is 0 Å². The van der Waals surface area contributed by atoms with Gasteiger partial charge in [-0.15, -0.1) is 0 Å². The molecule has 2 heterocycles. The van der Waals surface area contributed by atoms with Crippen LogP contribution in [0.5, 0.6) is 0 Å². The summed E-state index contributed by atoms with van der Waals surface area (Å²) < 4.78 is 5.18. The van der Waals surface area contributed by atoms with Gasteiger partial charge >= 0.3 is 5.97 Å². The number of esters is 1. The van der Waals surface area contributed by atoms with E-state index in [1.807, 2.05) is 4.90 Å². The zero-order valence-electron chi connectivity index (χ0n) is 10.7. The SMILES string of the molecule is O=C(OCc1ccc([N+](=O)[O-])cc1)C1=NCC2CCN12. The molecule has 0 N–H and O–H groups in total. The van der Waals surface area contributed by atoms with Crippen LogP contribution in [0.2, 0.25) is 0 Å². The van der Waals surface area contributed by atoms with Gasteiger partial charge in [0.05, 0.1) is 17.5 Å². The predicted molar refractivity (Wildman–Crippen MR) is 70.3 cm³/mol. The van der Waals surface area contributed by atoms with Crippen molar-refractivity contribution in [3.63, 3.8) is 0 Å². The Kier molecular flexibility index (Phi) is 3.09. The quantitative estimate of drug-likeness (QED) is 0.467. The fourth-order valence-corrected chi connectivity index (χ4v) is 2.30. The number of fused-ring (bicyclic) bond motifs is 1. The zero-order chi connectivity index (χ0) is 14.1. The number of amidine groups is 1. The third-order valence-corrected chi connectivity index (χ3v) is 3.57. The minimum atomic E-state index is -0.465. The number of aliphatic imine (C=N–C) groups is 1. The molecule has 0 aliphatic carbocycles. The van der Waals surface area contributed by atoms with Crippen molar-refractivity contribution in [2.24, 2.45) is 4.99 Å². The van der Waals surface area contributed by atoms with Crippen molar-refractivity contribution in [2.45, 2.75) is 19.1 Å². The average Bonchev–Trinajstić information content (AvgIpc) is 2.71. The summed E-state index contributed by atoms with van der Waals surface area (Å²) in [6.45, 7) is 1.62. The molecule has 0 saturated carbocycles. The van der Waals surface area contributed by atoms with Gasteiger partial charge < -0.3 is 9.64 Å². The van der Waals surface area contributed by atoms with Gasteiger partial charge in [0.15, 0.2) is 0 Å². The summed E-state index contributed by atoms with van der Waals surface area (Å²) in [5, 5.41) is 10.5. The van der Waals surface area contributed by atoms with Crippen LogP contribution in [-0.2, 0) is 16.1 Å². The van der Waals surface area contributed by atoms with Crippen molar-refractivity contribution >= 4 is 17.5 Å². The lowest BCUT2D eigenvalue weighted by Crippen LogP contribution is -2.50. The molecule has 7 heteroatoms. The number of benzene rings is 1. The summed E-state index contributed by atoms with van der Waals surface area (Å²) in [6, 6.07) is 6.31. The maximum absolute atomic E-state index is 11.9. The molecular weight excluding hydrogens is 262 g/mol. The van der Waals surface area contributed by atoms with Crippen LogP contribution in [0.1, 0.15) is 12.0 Å². The molecule has 0 bridgehead atoms. The van der Waals surface area contributed by atoms with Crippen LogP contribution in [0.25, 0.3) is 0 Å². The number of carbonyl (C=O) groups is 1. The molecule has 20 heavy (non-hydrogen) atoms. The first-order chi connectivity index (χ1) is 9.65. The van der Waals surface area contributed by atoms with E-state index < -0.39 is 10.9 Å². The molecule has 1 aromatic rings. The lowest BCUT2D eigenvalue weighted by atomic mass is 10.1. The van der Waals surface area contributed by atoms with Gasteiger partial charge in [-0.2, -0.15) is 0 Å². The second kappa shape index (κ2) is 4.92. The van der Waals surface area contributed by atoms with Crippen LogP contribution in [0.3, 0.4) is 0 Å². The summed E-state index contributed by atoms with van der Waals surface area (Å²) in [7, 11) is 0. The summed E-state index contributed by atoms with van der Waals surface area (Å²) in [5.41, 5.74) is 0.728. The number of non-ortho nitro benzene ring substituents is 1. The summed E-state index contributed by atoms with van der Waals surface area (Å²) in [6.07, 6.45) is 1.07. The molecular formula is C13H13N3O4. The number of carbonyl (C=O) groups excluding carboxylic acids is 1. The van der Waals surface area contributed by atoms with E-state index in [-0.39, 0.29) is 12.3 Å². The third kappa shape index (κ3) is 2.22. The van der Waals surface area contributed by atoms with Crippen molar-refractivity contribution in [3.05, 3.63) is 39.9 Å². The molecule has 2 aliphatic rings. The molecule has 1 fully saturated rings. The Morgan fingerprint density at radius 3 is 2.75 bits per heavy atom. The minimum absolute atomic E-state index is 0.0173. The highest BCUT2D eigenvalue weighted by Gasteiger charge is 2.38. The Bertz CT molecular complexity index is 582. The maximum atomic E-state index is 11.9. The highest BCUT2D eigenvalue weighted by atomic mass is 16.6. The van der Waals surface area contributed by atoms with Gasteiger partial charge in [0.2, 0.25) is 5.84 Å². The van der Waals surface area contributed by atoms with E-state index >= 15 is 0 Å². The molecule has 1 unspecified atom stereocenters. The summed E-state index contributed by atoms with van der Waals surface area (Å²) in [5.74, 6) is -0.0197. The standard InChI is InChI=1S/C13H13N3O4/c17-13(12-14-7-11-5-6-15(11)12)20-8-9-1-3-10(4-2-9)16(18)19/h1-4,11H,5-8H2. The van der Waals surface area contributed by atoms with Gasteiger partial charge in [0, 0.05) is 18.7 Å². The fourth-order valence-electron chi connectivity index (χ4n) is 2.30. The van der Waals surface area contributed by atoms with Crippen LogP contribution in [0, 0.1) is 10.1 Å². The summed E-state index contributed by atoms with van der Waals surface area (Å²) >= 11 is 0. The van der Waals surface area contributed by atoms with Gasteiger partial charge in [-0.05, 0) is 24.1 Å². The predicted octanol–water partition coefficient (Wildman–Crippen LogP) is 1.12. The van der Waals surface area contributed by atoms with E-state index in [1.165, 1.54) is 12.1 Å². The number of nitro benzene ring substituents is 1. The Labute approximate surface area is 115 Å². The molecule has 1 aromatic carbocycles. The Morgan fingerprint density at radius 1 is 1.45 bits per heavy atom. The molecule has 104 valence electrons. The highest BCUT2D eigenvalue weighted by molar-refractivity contribution is 6.36. The number of hydrogen-bond donors (Lipinski definition) is 0. The lowest BCUT2D eigenvalue weighted by molar-refractivity contribution is -0.384. The lowest BCUT2D eigenvalue weighted by Gasteiger charge is -2.36. The topological polar surface area (TPSA) is 85.0 Å². The maximum Gasteiger partial charge on any atom is 0.374 e. The number of ether oxygens (including phenoxy) is 1. The Balaban J connectivity index is 1.56. The second-order valence-corrected chi connectivity index (χ2v) is 4.80. The van der Waals surface area contributed by atoms with E-state index in [4.69, 9.17) is 4.74 Å². The average molecular weight is 275 g/mol. The van der Waals surface area contributed by atoms with Crippen molar-refractivity contribution < 1.29 is 14.5 Å². The van der Waals surface area contributed by atoms with Gasteiger partial charge in [-0.1, -0.05) is 0 Å². The smallest absolute Gasteiger partial charge is 0.374 e. The Hall–Kier alpha value is -2.44. The minimum Gasteiger partial charge on any atom is -0.455 e. The molecule has 1 saturated heterocycles. The normalized spacial score (nSPS) is 19.9. The zero-order valence-corrected chi connectivity index (χ0v) is 10.7. The largest absolute Gasteiger partial charge is 0.455 e. The van der Waals surface area contributed by atoms with Crippen LogP contribution < -0.4 is 0 Å². The summed E-state index contributed by atoms with van der Waals surface area (Å²) in [4.78, 5) is 28.1. The Morgan fingerprint density at radius 2 is 2.20 bits per heavy atom. The van der Waals surface area contributed by atoms with E-state index in [0.717, 1.165) is 13.0 Å². The highest BCUT2D eigenvalue weighted by Crippen LogP contribution is 2.24. The molecule has 0 spiro atoms. The van der Waals surface area contributed by atoms with E-state index in [0.29, 0.717) is 24.0 Å². The number of nitro groups is 1. The van der Waals surface area contributed by atoms with E-state index in [2.05, 4.69) is 4.99 Å². The van der Waals surface area contributed by atoms with Gasteiger partial charge in [0.25, 0.3) is 5.69 Å². The van der Waals surface area contributed by atoms with Crippen molar-refractivity contribution in [2.75, 3.05) is 13.1 Å². The van der Waals surface area contributed by atoms with E-state index in [9.17, 15) is 14.9 Å². The molecule has 0 radical (unpaired) electrons. The first kappa shape index (κ1) is 12.6. The van der Waals surface area contributed by atoms with Crippen LogP contribution in [0.4, 0.5) is 5.69 Å². The molecule has 3 rings (SSSR count). The van der Waals surface area contributed by atoms with E-state index in [1.54, 1.807) is 12.1 Å². The number of hydrogen-bond acceptors (Lipinski definition) is 6. The number of nitrogens with zero attached hydrogens (tertiary/aromatic N) is 3. The van der Waals surface area contributed by atoms with Gasteiger partial charge in [0.1, 0.15) is 6.61 Å². The monoisotopic (exact) mass is 275 g/mol. The first-order valence-corrected chi connectivity index (χ1v) is 6.36. The third-order valence-electron chi connectivity index (χ3n) is 3.57. The molecule has 7 nitrogen and oxygen atoms in total. The van der Waals surface area contributed by atoms with Crippen molar-refractivity contribution in [3.8, 4) is 0 Å². The van der Waals surface area contributed by atoms with Crippen LogP contribution in [0.15, 0.2) is 29.3 Å². The second-order valence-electron chi connectivity index (χ2n) is 4.80. The van der Waals surface area contributed by atoms with Crippen LogP contribution in [-0.4, -0.2) is 40.8 Å². The molecule has 0 aromatic heterocycles. The molecule has 1 atom stereocenters. The van der Waals surface area contributed by atoms with Crippen molar-refractivity contribution in [1.82, 2.24) is 4.90 Å². The molecule has 2 aliphatic heterocycles. The van der Waals surface area contributed by atoms with Gasteiger partial charge in [-0.3, -0.25) is 15.1 Å². The fraction of sp³-hybridized carbons (Fsp3) is 0.385. The van der Waals surface area contributed by atoms with Gasteiger partial charge in [-0.25, -0.2) is 4.79 Å². The first-order valence-electron chi connectivity index (χ1n) is 6.36. The van der Waals surface area contributed by atoms with Crippen LogP contribution >= 0.6 is 0 Å². The number of rotatable bonds is 4. The molecule has 0 amide bonds.